The first-order valence-electron chi connectivity index (χ1n) is 6.99. The lowest BCUT2D eigenvalue weighted by molar-refractivity contribution is -0.118. The van der Waals surface area contributed by atoms with Crippen LogP contribution in [-0.2, 0) is 4.79 Å². The number of ether oxygens (including phenoxy) is 2. The van der Waals surface area contributed by atoms with Crippen LogP contribution < -0.4 is 26.1 Å². The van der Waals surface area contributed by atoms with Crippen molar-refractivity contribution < 1.29 is 14.3 Å². The molecule has 1 amide bonds. The highest BCUT2D eigenvalue weighted by Gasteiger charge is 2.10. The van der Waals surface area contributed by atoms with Gasteiger partial charge in [-0.3, -0.25) is 14.6 Å². The molecule has 10 nitrogen and oxygen atoms in total. The number of benzene rings is 1. The number of carbonyl (C=O) groups excluding carboxylic acids is 1. The van der Waals surface area contributed by atoms with Crippen molar-refractivity contribution in [3.05, 3.63) is 43.6 Å². The van der Waals surface area contributed by atoms with Crippen LogP contribution in [0, 0.1) is 0 Å². The number of hydrogen-bond donors (Lipinski definition) is 3. The van der Waals surface area contributed by atoms with Gasteiger partial charge < -0.3 is 9.47 Å². The molecule has 138 valence electrons. The molecule has 0 fully saturated rings. The van der Waals surface area contributed by atoms with E-state index in [1.165, 1.54) is 20.4 Å². The number of halogens is 1. The second kappa shape index (κ2) is 9.06. The van der Waals surface area contributed by atoms with Crippen LogP contribution >= 0.6 is 23.4 Å². The second-order valence-corrected chi connectivity index (χ2v) is 6.00. The molecule has 0 aliphatic carbocycles. The van der Waals surface area contributed by atoms with Crippen LogP contribution in [0.1, 0.15) is 5.56 Å². The summed E-state index contributed by atoms with van der Waals surface area (Å²) in [5.74, 6) is 0.230. The molecule has 0 saturated carbocycles. The Morgan fingerprint density at radius 1 is 1.38 bits per heavy atom. The first-order chi connectivity index (χ1) is 12.4. The number of hydrazone groups is 1. The number of H-pyrrole nitrogens is 2. The summed E-state index contributed by atoms with van der Waals surface area (Å²) in [6.07, 6.45) is 1.38. The highest BCUT2D eigenvalue weighted by Crippen LogP contribution is 2.35. The third-order valence-electron chi connectivity index (χ3n) is 2.88. The molecule has 12 heteroatoms. The average Bonchev–Trinajstić information content (AvgIpc) is 2.60. The Kier molecular flexibility index (Phi) is 6.81. The Morgan fingerprint density at radius 2 is 2.15 bits per heavy atom. The van der Waals surface area contributed by atoms with Crippen LogP contribution in [-0.4, -0.2) is 47.3 Å². The van der Waals surface area contributed by atoms with E-state index in [1.54, 1.807) is 12.1 Å². The summed E-state index contributed by atoms with van der Waals surface area (Å²) in [6, 6.07) is 3.23. The SMILES string of the molecule is COc1cc(/C=N/NC(=O)CSc2n[nH]c(=O)[nH]c2=O)cc(Cl)c1OC. The summed E-state index contributed by atoms with van der Waals surface area (Å²) in [4.78, 5) is 36.1. The summed E-state index contributed by atoms with van der Waals surface area (Å²) >= 11 is 6.93. The van der Waals surface area contributed by atoms with E-state index in [2.05, 4.69) is 20.7 Å². The molecule has 1 aromatic carbocycles. The fourth-order valence-corrected chi connectivity index (χ4v) is 2.71. The number of hydrogen-bond acceptors (Lipinski definition) is 8. The Hall–Kier alpha value is -2.79. The molecule has 0 atom stereocenters. The molecule has 26 heavy (non-hydrogen) atoms. The van der Waals surface area contributed by atoms with Gasteiger partial charge in [0.1, 0.15) is 0 Å². The van der Waals surface area contributed by atoms with Crippen molar-refractivity contribution in [2.24, 2.45) is 5.10 Å². The Balaban J connectivity index is 1.95. The maximum absolute atomic E-state index is 11.7. The van der Waals surface area contributed by atoms with E-state index in [9.17, 15) is 14.4 Å². The quantitative estimate of drug-likeness (QED) is 0.347. The molecule has 1 aromatic heterocycles. The number of rotatable bonds is 7. The highest BCUT2D eigenvalue weighted by atomic mass is 35.5. The van der Waals surface area contributed by atoms with Crippen LogP contribution in [0.15, 0.2) is 31.8 Å². The van der Waals surface area contributed by atoms with Crippen LogP contribution in [0.5, 0.6) is 11.5 Å². The molecule has 0 bridgehead atoms. The largest absolute Gasteiger partial charge is 0.493 e. The fraction of sp³-hybridized carbons (Fsp3) is 0.214. The van der Waals surface area contributed by atoms with Crippen molar-refractivity contribution in [1.29, 1.82) is 0 Å². The Bertz CT molecular complexity index is 942. The number of nitrogens with zero attached hydrogens (tertiary/aromatic N) is 2. The Morgan fingerprint density at radius 3 is 2.81 bits per heavy atom. The topological polar surface area (TPSA) is 139 Å². The second-order valence-electron chi connectivity index (χ2n) is 4.63. The number of carbonyl (C=O) groups is 1. The first kappa shape index (κ1) is 19.5. The molecule has 0 unspecified atom stereocenters. The van der Waals surface area contributed by atoms with Gasteiger partial charge >= 0.3 is 5.69 Å². The van der Waals surface area contributed by atoms with Crippen molar-refractivity contribution in [2.75, 3.05) is 20.0 Å². The lowest BCUT2D eigenvalue weighted by atomic mass is 10.2. The number of methoxy groups -OCH3 is 2. The molecule has 0 saturated heterocycles. The van der Waals surface area contributed by atoms with Gasteiger partial charge in [-0.25, -0.2) is 15.3 Å². The molecule has 3 N–H and O–H groups in total. The van der Waals surface area contributed by atoms with Gasteiger partial charge in [0, 0.05) is 0 Å². The van der Waals surface area contributed by atoms with E-state index >= 15 is 0 Å². The molecular formula is C14H14ClN5O5S. The zero-order valence-corrected chi connectivity index (χ0v) is 15.2. The van der Waals surface area contributed by atoms with E-state index in [0.29, 0.717) is 22.1 Å². The summed E-state index contributed by atoms with van der Waals surface area (Å²) in [5, 5.41) is 9.73. The summed E-state index contributed by atoms with van der Waals surface area (Å²) < 4.78 is 10.3. The van der Waals surface area contributed by atoms with Crippen LogP contribution in [0.25, 0.3) is 0 Å². The smallest absolute Gasteiger partial charge is 0.342 e. The monoisotopic (exact) mass is 399 g/mol. The van der Waals surface area contributed by atoms with Gasteiger partial charge in [0.25, 0.3) is 5.56 Å². The van der Waals surface area contributed by atoms with E-state index in [0.717, 1.165) is 11.8 Å². The van der Waals surface area contributed by atoms with Gasteiger partial charge in [-0.05, 0) is 17.7 Å². The lowest BCUT2D eigenvalue weighted by Crippen LogP contribution is -2.26. The Labute approximate surface area is 155 Å². The van der Waals surface area contributed by atoms with Gasteiger partial charge in [0.2, 0.25) is 5.91 Å². The number of amides is 1. The number of thioether (sulfide) groups is 1. The first-order valence-corrected chi connectivity index (χ1v) is 8.36. The standard InChI is InChI=1S/C14H14ClN5O5S/c1-24-9-4-7(3-8(15)11(9)25-2)5-16-18-10(21)6-26-13-12(22)17-14(23)20-19-13/h3-5H,6H2,1-2H3,(H,18,21)(H2,17,20,22,23)/b16-5+. The van der Waals surface area contributed by atoms with E-state index in [4.69, 9.17) is 21.1 Å². The van der Waals surface area contributed by atoms with Gasteiger partial charge in [0.05, 0.1) is 31.2 Å². The predicted octanol–water partition coefficient (Wildman–Crippen LogP) is 0.371. The maximum Gasteiger partial charge on any atom is 0.342 e. The number of aromatic amines is 2. The number of nitrogens with one attached hydrogen (secondary N) is 3. The summed E-state index contributed by atoms with van der Waals surface area (Å²) in [6.45, 7) is 0. The van der Waals surface area contributed by atoms with Crippen molar-refractivity contribution >= 4 is 35.5 Å². The van der Waals surface area contributed by atoms with E-state index in [-0.39, 0.29) is 10.8 Å². The normalized spacial score (nSPS) is 10.7. The molecule has 0 spiro atoms. The third kappa shape index (κ3) is 5.10. The number of aromatic nitrogens is 3. The third-order valence-corrected chi connectivity index (χ3v) is 4.12. The zero-order valence-electron chi connectivity index (χ0n) is 13.7. The maximum atomic E-state index is 11.7. The van der Waals surface area contributed by atoms with Crippen molar-refractivity contribution in [3.63, 3.8) is 0 Å². The molecule has 2 aromatic rings. The van der Waals surface area contributed by atoms with Crippen LogP contribution in [0.3, 0.4) is 0 Å². The fourth-order valence-electron chi connectivity index (χ4n) is 1.79. The summed E-state index contributed by atoms with van der Waals surface area (Å²) in [7, 11) is 2.94. The van der Waals surface area contributed by atoms with Gasteiger partial charge in [-0.15, -0.1) is 0 Å². The zero-order chi connectivity index (χ0) is 19.1. The summed E-state index contributed by atoms with van der Waals surface area (Å²) in [5.41, 5.74) is 1.49. The molecule has 1 heterocycles. The molecule has 0 aliphatic rings. The van der Waals surface area contributed by atoms with Gasteiger partial charge in [-0.1, -0.05) is 23.4 Å². The molecule has 2 rings (SSSR count). The predicted molar refractivity (Wildman–Crippen MR) is 96.5 cm³/mol. The average molecular weight is 400 g/mol. The molecule has 0 aliphatic heterocycles. The van der Waals surface area contributed by atoms with Crippen molar-refractivity contribution in [3.8, 4) is 11.5 Å². The minimum atomic E-state index is -0.720. The van der Waals surface area contributed by atoms with Gasteiger partial charge in [-0.2, -0.15) is 10.2 Å². The van der Waals surface area contributed by atoms with E-state index < -0.39 is 17.2 Å². The molecule has 0 radical (unpaired) electrons. The van der Waals surface area contributed by atoms with Crippen molar-refractivity contribution in [1.82, 2.24) is 20.6 Å². The molecular weight excluding hydrogens is 386 g/mol. The van der Waals surface area contributed by atoms with Crippen molar-refractivity contribution in [2.45, 2.75) is 5.03 Å². The van der Waals surface area contributed by atoms with Crippen LogP contribution in [0.4, 0.5) is 0 Å². The van der Waals surface area contributed by atoms with Gasteiger partial charge in [0.15, 0.2) is 16.5 Å². The minimum absolute atomic E-state index is 0.0320. The van der Waals surface area contributed by atoms with Crippen LogP contribution in [0.2, 0.25) is 5.02 Å². The highest BCUT2D eigenvalue weighted by molar-refractivity contribution is 7.99. The minimum Gasteiger partial charge on any atom is -0.493 e. The van der Waals surface area contributed by atoms with E-state index in [1.807, 2.05) is 4.98 Å². The lowest BCUT2D eigenvalue weighted by Gasteiger charge is -2.09.